The highest BCUT2D eigenvalue weighted by Crippen LogP contribution is 2.28. The summed E-state index contributed by atoms with van der Waals surface area (Å²) in [6.45, 7) is 2.88. The SMILES string of the molecule is CC(Oc1ccc(Cl)cc1Br)C(=O)NCc1ccc(Cn2cccn2)cc1. The maximum absolute atomic E-state index is 12.3. The van der Waals surface area contributed by atoms with Gasteiger partial charge in [-0.25, -0.2) is 0 Å². The van der Waals surface area contributed by atoms with Gasteiger partial charge in [0.2, 0.25) is 0 Å². The number of halogens is 2. The Morgan fingerprint density at radius 2 is 2.00 bits per heavy atom. The molecule has 1 atom stereocenters. The smallest absolute Gasteiger partial charge is 0.261 e. The monoisotopic (exact) mass is 447 g/mol. The van der Waals surface area contributed by atoms with Crippen molar-refractivity contribution in [2.75, 3.05) is 0 Å². The molecule has 0 aliphatic rings. The Labute approximate surface area is 171 Å². The van der Waals surface area contributed by atoms with Crippen molar-refractivity contribution in [3.05, 3.63) is 81.5 Å². The maximum atomic E-state index is 12.3. The van der Waals surface area contributed by atoms with Crippen LogP contribution in [0.3, 0.4) is 0 Å². The van der Waals surface area contributed by atoms with Crippen LogP contribution in [0, 0.1) is 0 Å². The number of hydrogen-bond acceptors (Lipinski definition) is 3. The summed E-state index contributed by atoms with van der Waals surface area (Å²) in [4.78, 5) is 12.3. The van der Waals surface area contributed by atoms with Crippen LogP contribution in [0.15, 0.2) is 65.4 Å². The summed E-state index contributed by atoms with van der Waals surface area (Å²) < 4.78 is 8.28. The molecule has 1 unspecified atom stereocenters. The highest BCUT2D eigenvalue weighted by Gasteiger charge is 2.15. The van der Waals surface area contributed by atoms with E-state index in [9.17, 15) is 4.79 Å². The molecule has 0 fully saturated rings. The van der Waals surface area contributed by atoms with Crippen molar-refractivity contribution in [1.29, 1.82) is 0 Å². The van der Waals surface area contributed by atoms with Gasteiger partial charge in [-0.3, -0.25) is 9.48 Å². The second kappa shape index (κ2) is 9.06. The summed E-state index contributed by atoms with van der Waals surface area (Å²) in [5, 5.41) is 7.68. The van der Waals surface area contributed by atoms with Crippen LogP contribution in [0.1, 0.15) is 18.1 Å². The average molecular weight is 449 g/mol. The molecule has 1 aromatic heterocycles. The second-order valence-electron chi connectivity index (χ2n) is 6.07. The quantitative estimate of drug-likeness (QED) is 0.582. The Hall–Kier alpha value is -2.31. The minimum atomic E-state index is -0.624. The standard InChI is InChI=1S/C20H19BrClN3O2/c1-14(27-19-8-7-17(22)11-18(19)21)20(26)23-12-15-3-5-16(6-4-15)13-25-10-2-9-24-25/h2-11,14H,12-13H2,1H3,(H,23,26). The molecule has 1 amide bonds. The van der Waals surface area contributed by atoms with Gasteiger partial charge in [-0.15, -0.1) is 0 Å². The summed E-state index contributed by atoms with van der Waals surface area (Å²) >= 11 is 9.30. The third-order valence-electron chi connectivity index (χ3n) is 3.96. The molecule has 0 bridgehead atoms. The summed E-state index contributed by atoms with van der Waals surface area (Å²) in [6.07, 6.45) is 3.06. The lowest BCUT2D eigenvalue weighted by Gasteiger charge is -2.16. The number of nitrogens with zero attached hydrogens (tertiary/aromatic N) is 2. The Balaban J connectivity index is 1.50. The lowest BCUT2D eigenvalue weighted by molar-refractivity contribution is -0.127. The van der Waals surface area contributed by atoms with Crippen molar-refractivity contribution in [1.82, 2.24) is 15.1 Å². The van der Waals surface area contributed by atoms with E-state index in [0.29, 0.717) is 21.8 Å². The van der Waals surface area contributed by atoms with Crippen LogP contribution in [0.25, 0.3) is 0 Å². The molecular formula is C20H19BrClN3O2. The molecule has 1 N–H and O–H groups in total. The van der Waals surface area contributed by atoms with E-state index < -0.39 is 6.10 Å². The number of nitrogens with one attached hydrogen (secondary N) is 1. The number of benzene rings is 2. The van der Waals surface area contributed by atoms with Crippen LogP contribution < -0.4 is 10.1 Å². The van der Waals surface area contributed by atoms with Crippen molar-refractivity contribution >= 4 is 33.4 Å². The third kappa shape index (κ3) is 5.58. The lowest BCUT2D eigenvalue weighted by atomic mass is 10.1. The molecule has 0 aliphatic heterocycles. The first-order valence-electron chi connectivity index (χ1n) is 8.46. The van der Waals surface area contributed by atoms with Gasteiger partial charge in [-0.1, -0.05) is 35.9 Å². The fourth-order valence-electron chi connectivity index (χ4n) is 2.49. The lowest BCUT2D eigenvalue weighted by Crippen LogP contribution is -2.35. The van der Waals surface area contributed by atoms with Crippen LogP contribution in [0.2, 0.25) is 5.02 Å². The molecule has 3 rings (SSSR count). The molecular weight excluding hydrogens is 430 g/mol. The zero-order valence-corrected chi connectivity index (χ0v) is 17.1. The fraction of sp³-hybridized carbons (Fsp3) is 0.200. The number of rotatable bonds is 7. The number of amides is 1. The molecule has 3 aromatic rings. The summed E-state index contributed by atoms with van der Waals surface area (Å²) in [6, 6.07) is 15.1. The van der Waals surface area contributed by atoms with Crippen LogP contribution in [-0.2, 0) is 17.9 Å². The van der Waals surface area contributed by atoms with Crippen molar-refractivity contribution in [2.24, 2.45) is 0 Å². The van der Waals surface area contributed by atoms with Crippen LogP contribution in [-0.4, -0.2) is 21.8 Å². The van der Waals surface area contributed by atoms with Gasteiger partial charge in [0, 0.05) is 24.0 Å². The van der Waals surface area contributed by atoms with Gasteiger partial charge in [0.25, 0.3) is 5.91 Å². The largest absolute Gasteiger partial charge is 0.480 e. The van der Waals surface area contributed by atoms with Gasteiger partial charge in [-0.05, 0) is 58.2 Å². The normalized spacial score (nSPS) is 11.8. The van der Waals surface area contributed by atoms with E-state index in [4.69, 9.17) is 16.3 Å². The molecule has 0 saturated carbocycles. The van der Waals surface area contributed by atoms with E-state index >= 15 is 0 Å². The highest BCUT2D eigenvalue weighted by molar-refractivity contribution is 9.10. The number of carbonyl (C=O) groups is 1. The van der Waals surface area contributed by atoms with Crippen LogP contribution in [0.5, 0.6) is 5.75 Å². The highest BCUT2D eigenvalue weighted by atomic mass is 79.9. The summed E-state index contributed by atoms with van der Waals surface area (Å²) in [7, 11) is 0. The number of hydrogen-bond donors (Lipinski definition) is 1. The Bertz CT molecular complexity index is 898. The Morgan fingerprint density at radius 1 is 1.26 bits per heavy atom. The number of ether oxygens (including phenoxy) is 1. The second-order valence-corrected chi connectivity index (χ2v) is 7.36. The van der Waals surface area contributed by atoms with Crippen molar-refractivity contribution in [3.8, 4) is 5.75 Å². The zero-order valence-electron chi connectivity index (χ0n) is 14.7. The zero-order chi connectivity index (χ0) is 19.2. The molecule has 27 heavy (non-hydrogen) atoms. The average Bonchev–Trinajstić information content (AvgIpc) is 3.16. The minimum Gasteiger partial charge on any atom is -0.480 e. The Kier molecular flexibility index (Phi) is 6.53. The summed E-state index contributed by atoms with van der Waals surface area (Å²) in [5.74, 6) is 0.391. The van der Waals surface area contributed by atoms with Crippen molar-refractivity contribution in [2.45, 2.75) is 26.1 Å². The molecule has 0 aliphatic carbocycles. The fourth-order valence-corrected chi connectivity index (χ4v) is 3.27. The molecule has 140 valence electrons. The molecule has 0 spiro atoms. The van der Waals surface area contributed by atoms with Crippen LogP contribution in [0.4, 0.5) is 0 Å². The van der Waals surface area contributed by atoms with E-state index in [1.807, 2.05) is 41.2 Å². The van der Waals surface area contributed by atoms with Gasteiger partial charge >= 0.3 is 0 Å². The third-order valence-corrected chi connectivity index (χ3v) is 4.82. The number of carbonyl (C=O) groups excluding carboxylic acids is 1. The van der Waals surface area contributed by atoms with E-state index in [1.165, 1.54) is 0 Å². The number of aromatic nitrogens is 2. The minimum absolute atomic E-state index is 0.183. The molecule has 2 aromatic carbocycles. The van der Waals surface area contributed by atoms with Gasteiger partial charge in [0.1, 0.15) is 5.75 Å². The van der Waals surface area contributed by atoms with Gasteiger partial charge in [0.05, 0.1) is 11.0 Å². The van der Waals surface area contributed by atoms with E-state index in [-0.39, 0.29) is 5.91 Å². The first-order chi connectivity index (χ1) is 13.0. The van der Waals surface area contributed by atoms with Gasteiger partial charge in [0.15, 0.2) is 6.10 Å². The van der Waals surface area contributed by atoms with Gasteiger partial charge < -0.3 is 10.1 Å². The molecule has 0 radical (unpaired) electrons. The predicted octanol–water partition coefficient (Wildman–Crippen LogP) is 4.43. The molecule has 1 heterocycles. The van der Waals surface area contributed by atoms with Crippen LogP contribution >= 0.6 is 27.5 Å². The van der Waals surface area contributed by atoms with E-state index in [2.05, 4.69) is 26.3 Å². The molecule has 7 heteroatoms. The first kappa shape index (κ1) is 19.5. The predicted molar refractivity (Wildman–Crippen MR) is 109 cm³/mol. The maximum Gasteiger partial charge on any atom is 0.261 e. The first-order valence-corrected chi connectivity index (χ1v) is 9.63. The van der Waals surface area contributed by atoms with E-state index in [1.54, 1.807) is 31.3 Å². The molecule has 5 nitrogen and oxygen atoms in total. The topological polar surface area (TPSA) is 56.1 Å². The van der Waals surface area contributed by atoms with Crippen molar-refractivity contribution < 1.29 is 9.53 Å². The van der Waals surface area contributed by atoms with Crippen molar-refractivity contribution in [3.63, 3.8) is 0 Å². The van der Waals surface area contributed by atoms with Gasteiger partial charge in [-0.2, -0.15) is 5.10 Å². The Morgan fingerprint density at radius 3 is 2.67 bits per heavy atom. The van der Waals surface area contributed by atoms with E-state index in [0.717, 1.165) is 17.7 Å². The molecule has 0 saturated heterocycles. The summed E-state index contributed by atoms with van der Waals surface area (Å²) in [5.41, 5.74) is 2.17.